The lowest BCUT2D eigenvalue weighted by molar-refractivity contribution is -0.141. The molecule has 0 aliphatic carbocycles. The summed E-state index contributed by atoms with van der Waals surface area (Å²) in [6.07, 6.45) is -4.47. The number of hydrogen-bond donors (Lipinski definition) is 0. The molecule has 0 radical (unpaired) electrons. The molecule has 0 unspecified atom stereocenters. The fourth-order valence-electron chi connectivity index (χ4n) is 1.40. The molecule has 17 heavy (non-hydrogen) atoms. The van der Waals surface area contributed by atoms with E-state index in [-0.39, 0.29) is 11.7 Å². The van der Waals surface area contributed by atoms with E-state index in [9.17, 15) is 13.2 Å². The fraction of sp³-hybridized carbons (Fsp3) is 0.182. The first kappa shape index (κ1) is 12.0. The smallest absolute Gasteiger partial charge is 0.249 e. The number of nitrogens with zero attached hydrogens (tertiary/aromatic N) is 2. The molecule has 1 heterocycles. The van der Waals surface area contributed by atoms with Crippen LogP contribution in [0.1, 0.15) is 11.3 Å². The van der Waals surface area contributed by atoms with E-state index >= 15 is 0 Å². The Hall–Kier alpha value is -1.49. The van der Waals surface area contributed by atoms with Gasteiger partial charge in [0.2, 0.25) is 0 Å². The van der Waals surface area contributed by atoms with Crippen molar-refractivity contribution in [2.75, 3.05) is 0 Å². The summed E-state index contributed by atoms with van der Waals surface area (Å²) >= 11 is 5.70. The minimum atomic E-state index is -4.47. The summed E-state index contributed by atoms with van der Waals surface area (Å²) in [5.74, 6) is 0. The summed E-state index contributed by atoms with van der Waals surface area (Å²) in [5.41, 5.74) is -0.135. The highest BCUT2D eigenvalue weighted by Crippen LogP contribution is 2.30. The van der Waals surface area contributed by atoms with Crippen LogP contribution in [-0.2, 0) is 12.7 Å². The maximum absolute atomic E-state index is 12.4. The molecule has 0 aliphatic rings. The van der Waals surface area contributed by atoms with E-state index in [1.807, 2.05) is 6.07 Å². The van der Waals surface area contributed by atoms with Gasteiger partial charge in [-0.1, -0.05) is 41.9 Å². The van der Waals surface area contributed by atoms with Gasteiger partial charge in [-0.25, -0.2) is 4.68 Å². The molecule has 0 bridgehead atoms. The Kier molecular flexibility index (Phi) is 3.11. The van der Waals surface area contributed by atoms with Crippen LogP contribution >= 0.6 is 11.6 Å². The third kappa shape index (κ3) is 2.79. The van der Waals surface area contributed by atoms with Crippen LogP contribution in [0.2, 0.25) is 5.15 Å². The number of rotatable bonds is 2. The van der Waals surface area contributed by atoms with Gasteiger partial charge in [-0.2, -0.15) is 18.3 Å². The predicted molar refractivity (Wildman–Crippen MR) is 57.8 cm³/mol. The molecule has 0 amide bonds. The van der Waals surface area contributed by atoms with Crippen LogP contribution in [0.15, 0.2) is 36.4 Å². The van der Waals surface area contributed by atoms with Crippen molar-refractivity contribution in [1.82, 2.24) is 9.78 Å². The Balaban J connectivity index is 2.26. The van der Waals surface area contributed by atoms with Crippen molar-refractivity contribution < 1.29 is 13.2 Å². The second-order valence-corrected chi connectivity index (χ2v) is 3.88. The summed E-state index contributed by atoms with van der Waals surface area (Å²) in [5, 5.41) is 3.41. The summed E-state index contributed by atoms with van der Waals surface area (Å²) in [6, 6.07) is 9.85. The molecule has 0 atom stereocenters. The normalized spacial score (nSPS) is 11.8. The Morgan fingerprint density at radius 1 is 1.18 bits per heavy atom. The average Bonchev–Trinajstić information content (AvgIpc) is 2.62. The van der Waals surface area contributed by atoms with E-state index in [1.54, 1.807) is 24.3 Å². The van der Waals surface area contributed by atoms with Gasteiger partial charge in [-0.3, -0.25) is 0 Å². The highest BCUT2D eigenvalue weighted by molar-refractivity contribution is 6.29. The molecule has 90 valence electrons. The van der Waals surface area contributed by atoms with Gasteiger partial charge in [0.05, 0.1) is 6.54 Å². The van der Waals surface area contributed by atoms with Crippen molar-refractivity contribution in [1.29, 1.82) is 0 Å². The second kappa shape index (κ2) is 4.41. The first-order valence-corrected chi connectivity index (χ1v) is 5.19. The van der Waals surface area contributed by atoms with Crippen molar-refractivity contribution in [2.45, 2.75) is 12.7 Å². The molecule has 2 aromatic rings. The molecule has 2 nitrogen and oxygen atoms in total. The van der Waals surface area contributed by atoms with Crippen LogP contribution in [0, 0.1) is 0 Å². The van der Waals surface area contributed by atoms with E-state index in [4.69, 9.17) is 11.6 Å². The van der Waals surface area contributed by atoms with Crippen molar-refractivity contribution in [3.63, 3.8) is 0 Å². The van der Waals surface area contributed by atoms with Crippen molar-refractivity contribution in [3.05, 3.63) is 52.8 Å². The second-order valence-electron chi connectivity index (χ2n) is 3.49. The Morgan fingerprint density at radius 3 is 2.35 bits per heavy atom. The molecule has 0 saturated carbocycles. The third-order valence-electron chi connectivity index (χ3n) is 2.20. The molecule has 0 saturated heterocycles. The quantitative estimate of drug-likeness (QED) is 0.807. The van der Waals surface area contributed by atoms with Crippen LogP contribution in [0.25, 0.3) is 0 Å². The van der Waals surface area contributed by atoms with Gasteiger partial charge in [0.25, 0.3) is 0 Å². The van der Waals surface area contributed by atoms with Gasteiger partial charge in [0.15, 0.2) is 5.69 Å². The minimum absolute atomic E-state index is 0.0267. The van der Waals surface area contributed by atoms with Gasteiger partial charge in [-0.05, 0) is 5.56 Å². The predicted octanol–water partition coefficient (Wildman–Crippen LogP) is 3.60. The van der Waals surface area contributed by atoms with Crippen molar-refractivity contribution in [3.8, 4) is 0 Å². The standard InChI is InChI=1S/C11H8ClF3N2/c12-10-6-9(11(13,14)15)16-17(10)7-8-4-2-1-3-5-8/h1-6H,7H2. The average molecular weight is 261 g/mol. The molecule has 0 aliphatic heterocycles. The third-order valence-corrected chi connectivity index (χ3v) is 2.50. The van der Waals surface area contributed by atoms with Crippen LogP contribution in [0.3, 0.4) is 0 Å². The zero-order valence-electron chi connectivity index (χ0n) is 8.58. The summed E-state index contributed by atoms with van der Waals surface area (Å²) in [7, 11) is 0. The molecular formula is C11H8ClF3N2. The van der Waals surface area contributed by atoms with Crippen LogP contribution in [-0.4, -0.2) is 9.78 Å². The summed E-state index contributed by atoms with van der Waals surface area (Å²) < 4.78 is 38.3. The molecular weight excluding hydrogens is 253 g/mol. The van der Waals surface area contributed by atoms with Crippen molar-refractivity contribution in [2.24, 2.45) is 0 Å². The monoisotopic (exact) mass is 260 g/mol. The fourth-order valence-corrected chi connectivity index (χ4v) is 1.60. The Bertz CT molecular complexity index is 505. The van der Waals surface area contributed by atoms with E-state index in [0.29, 0.717) is 0 Å². The zero-order valence-corrected chi connectivity index (χ0v) is 9.33. The number of alkyl halides is 3. The summed E-state index contributed by atoms with van der Waals surface area (Å²) in [6.45, 7) is 0.218. The largest absolute Gasteiger partial charge is 0.435 e. The van der Waals surface area contributed by atoms with E-state index < -0.39 is 11.9 Å². The molecule has 0 fully saturated rings. The van der Waals surface area contributed by atoms with Gasteiger partial charge < -0.3 is 0 Å². The van der Waals surface area contributed by atoms with Gasteiger partial charge in [0.1, 0.15) is 5.15 Å². The lowest BCUT2D eigenvalue weighted by atomic mass is 10.2. The summed E-state index contributed by atoms with van der Waals surface area (Å²) in [4.78, 5) is 0. The number of hydrogen-bond acceptors (Lipinski definition) is 1. The minimum Gasteiger partial charge on any atom is -0.249 e. The first-order valence-electron chi connectivity index (χ1n) is 4.81. The molecule has 2 rings (SSSR count). The van der Waals surface area contributed by atoms with Crippen LogP contribution < -0.4 is 0 Å². The van der Waals surface area contributed by atoms with E-state index in [2.05, 4.69) is 5.10 Å². The molecule has 0 N–H and O–H groups in total. The SMILES string of the molecule is FC(F)(F)c1cc(Cl)n(Cc2ccccc2)n1. The Labute approximate surface area is 101 Å². The number of benzene rings is 1. The lowest BCUT2D eigenvalue weighted by Crippen LogP contribution is -2.08. The van der Waals surface area contributed by atoms with Gasteiger partial charge in [-0.15, -0.1) is 0 Å². The van der Waals surface area contributed by atoms with Crippen LogP contribution in [0.5, 0.6) is 0 Å². The van der Waals surface area contributed by atoms with E-state index in [0.717, 1.165) is 16.3 Å². The topological polar surface area (TPSA) is 17.8 Å². The van der Waals surface area contributed by atoms with Gasteiger partial charge >= 0.3 is 6.18 Å². The first-order chi connectivity index (χ1) is 7.97. The maximum atomic E-state index is 12.4. The lowest BCUT2D eigenvalue weighted by Gasteiger charge is -2.03. The number of aromatic nitrogens is 2. The Morgan fingerprint density at radius 2 is 1.82 bits per heavy atom. The van der Waals surface area contributed by atoms with E-state index in [1.165, 1.54) is 0 Å². The highest BCUT2D eigenvalue weighted by Gasteiger charge is 2.34. The van der Waals surface area contributed by atoms with Gasteiger partial charge in [0, 0.05) is 6.07 Å². The molecule has 0 spiro atoms. The zero-order chi connectivity index (χ0) is 12.5. The molecule has 1 aromatic heterocycles. The van der Waals surface area contributed by atoms with Crippen LogP contribution in [0.4, 0.5) is 13.2 Å². The maximum Gasteiger partial charge on any atom is 0.435 e. The molecule has 6 heteroatoms. The van der Waals surface area contributed by atoms with Crippen molar-refractivity contribution >= 4 is 11.6 Å². The highest BCUT2D eigenvalue weighted by atomic mass is 35.5. The number of halogens is 4. The molecule has 1 aromatic carbocycles.